The van der Waals surface area contributed by atoms with E-state index < -0.39 is 29.7 Å². The van der Waals surface area contributed by atoms with Gasteiger partial charge >= 0.3 is 0 Å². The number of hydrogen-bond acceptors (Lipinski definition) is 8. The smallest absolute Gasteiger partial charge is 0.262 e. The minimum absolute atomic E-state index is 0.0878. The number of amides is 4. The average Bonchev–Trinajstić information content (AvgIpc) is 3.30. The molecule has 1 unspecified atom stereocenters. The number of nitrogens with one attached hydrogen (secondary N) is 2. The molecule has 1 fully saturated rings. The van der Waals surface area contributed by atoms with Crippen molar-refractivity contribution in [3.63, 3.8) is 0 Å². The van der Waals surface area contributed by atoms with Crippen molar-refractivity contribution >= 4 is 40.1 Å². The van der Waals surface area contributed by atoms with E-state index in [0.29, 0.717) is 17.2 Å². The molecule has 1 saturated heterocycles. The second-order valence-electron chi connectivity index (χ2n) is 7.23. The summed E-state index contributed by atoms with van der Waals surface area (Å²) in [6.45, 7) is 2.28. The standard InChI is InChI=1S/C20H21N5O4S/c1-2-12(21)13-9-30-20(23-13)22-8-10-4-3-5-11-16(10)19(29)25(18(11)28)14-6-7-15(26)24-17(14)27/h3-5,9,12,14H,2,6-8,21H2,1H3,(H,22,23)(H,24,26,27)/t12-,14?/m1/s1. The molecule has 2 aromatic rings. The molecule has 0 spiro atoms. The van der Waals surface area contributed by atoms with Gasteiger partial charge in [-0.2, -0.15) is 0 Å². The molecule has 2 atom stereocenters. The molecule has 4 N–H and O–H groups in total. The quantitative estimate of drug-likeness (QED) is 0.596. The van der Waals surface area contributed by atoms with Crippen LogP contribution in [0.1, 0.15) is 64.2 Å². The Labute approximate surface area is 176 Å². The topological polar surface area (TPSA) is 134 Å². The van der Waals surface area contributed by atoms with E-state index >= 15 is 0 Å². The van der Waals surface area contributed by atoms with Crippen molar-refractivity contribution in [2.45, 2.75) is 44.8 Å². The normalized spacial score (nSPS) is 19.7. The predicted octanol–water partition coefficient (Wildman–Crippen LogP) is 1.57. The lowest BCUT2D eigenvalue weighted by molar-refractivity contribution is -0.136. The first-order valence-electron chi connectivity index (χ1n) is 9.69. The van der Waals surface area contributed by atoms with Crippen LogP contribution >= 0.6 is 11.3 Å². The Morgan fingerprint density at radius 2 is 2.10 bits per heavy atom. The first-order chi connectivity index (χ1) is 14.4. The van der Waals surface area contributed by atoms with Gasteiger partial charge in [0.25, 0.3) is 11.8 Å². The highest BCUT2D eigenvalue weighted by molar-refractivity contribution is 7.13. The number of hydrogen-bond donors (Lipinski definition) is 3. The lowest BCUT2D eigenvalue weighted by atomic mass is 10.0. The number of carbonyl (C=O) groups excluding carboxylic acids is 4. The molecule has 10 heteroatoms. The van der Waals surface area contributed by atoms with Gasteiger partial charge in [0.15, 0.2) is 5.13 Å². The fraction of sp³-hybridized carbons (Fsp3) is 0.350. The van der Waals surface area contributed by atoms with Gasteiger partial charge in [0, 0.05) is 24.4 Å². The third-order valence-electron chi connectivity index (χ3n) is 5.33. The largest absolute Gasteiger partial charge is 0.357 e. The molecule has 1 aromatic heterocycles. The van der Waals surface area contributed by atoms with Crippen LogP contribution < -0.4 is 16.4 Å². The maximum atomic E-state index is 13.1. The first kappa shape index (κ1) is 20.2. The van der Waals surface area contributed by atoms with E-state index in [0.717, 1.165) is 17.0 Å². The number of nitrogens with zero attached hydrogens (tertiary/aromatic N) is 2. The van der Waals surface area contributed by atoms with Crippen LogP contribution in [0.3, 0.4) is 0 Å². The molecule has 4 rings (SSSR count). The van der Waals surface area contributed by atoms with E-state index in [1.807, 2.05) is 12.3 Å². The second kappa shape index (κ2) is 7.96. The third-order valence-corrected chi connectivity index (χ3v) is 6.14. The Hall–Kier alpha value is -3.11. The van der Waals surface area contributed by atoms with Gasteiger partial charge in [0.1, 0.15) is 6.04 Å². The van der Waals surface area contributed by atoms with Crippen molar-refractivity contribution in [3.8, 4) is 0 Å². The SMILES string of the molecule is CC[C@@H](N)c1csc(NCc2cccc3c2C(=O)N(C2CCC(=O)NC2=O)C3=O)n1. The fourth-order valence-corrected chi connectivity index (χ4v) is 4.42. The van der Waals surface area contributed by atoms with Crippen molar-refractivity contribution in [2.75, 3.05) is 5.32 Å². The molecular formula is C20H21N5O4S. The fourth-order valence-electron chi connectivity index (χ4n) is 3.65. The van der Waals surface area contributed by atoms with Gasteiger partial charge < -0.3 is 11.1 Å². The average molecular weight is 427 g/mol. The summed E-state index contributed by atoms with van der Waals surface area (Å²) in [5.41, 5.74) is 7.98. The lowest BCUT2D eigenvalue weighted by Gasteiger charge is -2.27. The van der Waals surface area contributed by atoms with Crippen LogP contribution in [0, 0.1) is 0 Å². The van der Waals surface area contributed by atoms with Crippen molar-refractivity contribution < 1.29 is 19.2 Å². The number of fused-ring (bicyclic) bond motifs is 1. The van der Waals surface area contributed by atoms with Crippen LogP contribution in [0.15, 0.2) is 23.6 Å². The van der Waals surface area contributed by atoms with Gasteiger partial charge in [0.2, 0.25) is 11.8 Å². The molecule has 1 aromatic carbocycles. The predicted molar refractivity (Wildman–Crippen MR) is 110 cm³/mol. The molecule has 0 bridgehead atoms. The highest BCUT2D eigenvalue weighted by Gasteiger charge is 2.45. The monoisotopic (exact) mass is 427 g/mol. The van der Waals surface area contributed by atoms with Crippen LogP contribution in [-0.2, 0) is 16.1 Å². The Balaban J connectivity index is 1.55. The Morgan fingerprint density at radius 1 is 1.30 bits per heavy atom. The molecule has 9 nitrogen and oxygen atoms in total. The number of nitrogens with two attached hydrogens (primary N) is 1. The van der Waals surface area contributed by atoms with Crippen LogP contribution in [0.2, 0.25) is 0 Å². The Kier molecular flexibility index (Phi) is 5.35. The Morgan fingerprint density at radius 3 is 2.83 bits per heavy atom. The highest BCUT2D eigenvalue weighted by Crippen LogP contribution is 2.30. The van der Waals surface area contributed by atoms with Crippen molar-refractivity contribution in [1.29, 1.82) is 0 Å². The highest BCUT2D eigenvalue weighted by atomic mass is 32.1. The molecule has 0 aliphatic carbocycles. The number of benzene rings is 1. The summed E-state index contributed by atoms with van der Waals surface area (Å²) < 4.78 is 0. The van der Waals surface area contributed by atoms with Gasteiger partial charge in [-0.1, -0.05) is 19.1 Å². The number of imide groups is 2. The van der Waals surface area contributed by atoms with Gasteiger partial charge in [-0.05, 0) is 24.5 Å². The van der Waals surface area contributed by atoms with E-state index in [9.17, 15) is 19.2 Å². The first-order valence-corrected chi connectivity index (χ1v) is 10.6. The van der Waals surface area contributed by atoms with Crippen molar-refractivity contribution in [1.82, 2.24) is 15.2 Å². The molecule has 4 amide bonds. The number of anilines is 1. The summed E-state index contributed by atoms with van der Waals surface area (Å²) in [6, 6.07) is 3.94. The summed E-state index contributed by atoms with van der Waals surface area (Å²) in [5, 5.41) is 7.94. The Bertz CT molecular complexity index is 1050. The van der Waals surface area contributed by atoms with Crippen LogP contribution in [0.5, 0.6) is 0 Å². The molecule has 0 radical (unpaired) electrons. The van der Waals surface area contributed by atoms with Gasteiger partial charge in [-0.25, -0.2) is 4.98 Å². The lowest BCUT2D eigenvalue weighted by Crippen LogP contribution is -2.54. The van der Waals surface area contributed by atoms with E-state index in [4.69, 9.17) is 5.73 Å². The van der Waals surface area contributed by atoms with Gasteiger partial charge in [0.05, 0.1) is 16.8 Å². The number of aromatic nitrogens is 1. The number of rotatable bonds is 6. The van der Waals surface area contributed by atoms with Gasteiger partial charge in [-0.15, -0.1) is 11.3 Å². The number of carbonyl (C=O) groups is 4. The summed E-state index contributed by atoms with van der Waals surface area (Å²) >= 11 is 1.42. The van der Waals surface area contributed by atoms with Crippen LogP contribution in [0.4, 0.5) is 5.13 Å². The zero-order valence-corrected chi connectivity index (χ0v) is 17.1. The molecular weight excluding hydrogens is 406 g/mol. The minimum atomic E-state index is -0.979. The van der Waals surface area contributed by atoms with Crippen molar-refractivity contribution in [2.24, 2.45) is 5.73 Å². The second-order valence-corrected chi connectivity index (χ2v) is 8.09. The van der Waals surface area contributed by atoms with E-state index in [2.05, 4.69) is 15.6 Å². The summed E-state index contributed by atoms with van der Waals surface area (Å²) in [4.78, 5) is 55.0. The number of piperidine rings is 1. The zero-order chi connectivity index (χ0) is 21.4. The molecule has 2 aliphatic heterocycles. The summed E-state index contributed by atoms with van der Waals surface area (Å²) in [5.74, 6) is -2.06. The summed E-state index contributed by atoms with van der Waals surface area (Å²) in [6.07, 6.45) is 0.996. The molecule has 2 aliphatic rings. The van der Waals surface area contributed by atoms with Gasteiger partial charge in [-0.3, -0.25) is 29.4 Å². The molecule has 0 saturated carbocycles. The van der Waals surface area contributed by atoms with E-state index in [1.165, 1.54) is 11.3 Å². The molecule has 156 valence electrons. The number of thiazole rings is 1. The van der Waals surface area contributed by atoms with Crippen LogP contribution in [0.25, 0.3) is 0 Å². The minimum Gasteiger partial charge on any atom is -0.357 e. The maximum absolute atomic E-state index is 13.1. The maximum Gasteiger partial charge on any atom is 0.262 e. The third kappa shape index (κ3) is 3.48. The summed E-state index contributed by atoms with van der Waals surface area (Å²) in [7, 11) is 0. The van der Waals surface area contributed by atoms with E-state index in [1.54, 1.807) is 18.2 Å². The van der Waals surface area contributed by atoms with Crippen molar-refractivity contribution in [3.05, 3.63) is 46.0 Å². The molecule has 30 heavy (non-hydrogen) atoms. The van der Waals surface area contributed by atoms with E-state index in [-0.39, 0.29) is 30.0 Å². The van der Waals surface area contributed by atoms with Crippen LogP contribution in [-0.4, -0.2) is 39.6 Å². The molecule has 3 heterocycles. The zero-order valence-electron chi connectivity index (χ0n) is 16.3.